The third kappa shape index (κ3) is 5.94. The average molecular weight is 521 g/mol. The molecule has 1 amide bonds. The van der Waals surface area contributed by atoms with E-state index in [-0.39, 0.29) is 16.4 Å². The van der Waals surface area contributed by atoms with Gasteiger partial charge in [0.1, 0.15) is 0 Å². The Kier molecular flexibility index (Phi) is 7.39. The first-order chi connectivity index (χ1) is 12.3. The number of carboxylic acid groups (broad SMARTS) is 1. The highest BCUT2D eigenvalue weighted by Gasteiger charge is 2.12. The minimum absolute atomic E-state index is 0.0226. The van der Waals surface area contributed by atoms with E-state index >= 15 is 0 Å². The number of benzene rings is 2. The van der Waals surface area contributed by atoms with Crippen LogP contribution in [0.1, 0.15) is 15.9 Å². The quantitative estimate of drug-likeness (QED) is 0.306. The second-order valence-electron chi connectivity index (χ2n) is 4.94. The second kappa shape index (κ2) is 9.31. The topological polar surface area (TPSA) is 78.4 Å². The summed E-state index contributed by atoms with van der Waals surface area (Å²) in [6, 6.07) is 9.70. The van der Waals surface area contributed by atoms with Crippen molar-refractivity contribution in [1.82, 2.24) is 5.32 Å². The van der Waals surface area contributed by atoms with E-state index in [0.29, 0.717) is 15.6 Å². The zero-order chi connectivity index (χ0) is 19.3. The third-order valence-corrected chi connectivity index (χ3v) is 4.51. The van der Waals surface area contributed by atoms with Crippen LogP contribution >= 0.6 is 58.0 Å². The monoisotopic (exact) mass is 520 g/mol. The van der Waals surface area contributed by atoms with Gasteiger partial charge in [-0.1, -0.05) is 29.3 Å². The Hall–Kier alpha value is -1.68. The highest BCUT2D eigenvalue weighted by molar-refractivity contribution is 14.1. The molecule has 0 spiro atoms. The van der Waals surface area contributed by atoms with Gasteiger partial charge < -0.3 is 10.4 Å². The number of aromatic carboxylic acids is 1. The molecule has 2 aromatic rings. The molecule has 0 radical (unpaired) electrons. The molecule has 0 aromatic heterocycles. The molecule has 0 atom stereocenters. The first-order valence-corrected chi connectivity index (χ1v) is 9.28. The molecule has 9 heteroatoms. The summed E-state index contributed by atoms with van der Waals surface area (Å²) < 4.78 is 0.767. The van der Waals surface area contributed by atoms with Gasteiger partial charge in [0, 0.05) is 19.7 Å². The van der Waals surface area contributed by atoms with Gasteiger partial charge >= 0.3 is 5.97 Å². The largest absolute Gasteiger partial charge is 0.478 e. The molecule has 0 fully saturated rings. The molecule has 0 aliphatic rings. The number of carbonyl (C=O) groups excluding carboxylic acids is 1. The van der Waals surface area contributed by atoms with Crippen molar-refractivity contribution in [1.29, 1.82) is 0 Å². The van der Waals surface area contributed by atoms with E-state index in [0.717, 1.165) is 3.57 Å². The molecular weight excluding hydrogens is 510 g/mol. The fraction of sp³-hybridized carbons (Fsp3) is 0. The molecule has 0 aliphatic carbocycles. The Labute approximate surface area is 178 Å². The van der Waals surface area contributed by atoms with Crippen molar-refractivity contribution in [2.75, 3.05) is 5.32 Å². The van der Waals surface area contributed by atoms with Crippen molar-refractivity contribution in [2.45, 2.75) is 0 Å². The van der Waals surface area contributed by atoms with Crippen molar-refractivity contribution in [3.05, 3.63) is 67.2 Å². The normalized spacial score (nSPS) is 10.6. The molecular formula is C17H11Cl2IN2O3S. The Bertz CT molecular complexity index is 919. The van der Waals surface area contributed by atoms with Gasteiger partial charge in [-0.25, -0.2) is 4.79 Å². The van der Waals surface area contributed by atoms with E-state index in [9.17, 15) is 14.7 Å². The minimum atomic E-state index is -1.10. The molecule has 0 saturated carbocycles. The molecule has 26 heavy (non-hydrogen) atoms. The highest BCUT2D eigenvalue weighted by atomic mass is 127. The van der Waals surface area contributed by atoms with Crippen molar-refractivity contribution >= 4 is 86.8 Å². The van der Waals surface area contributed by atoms with Gasteiger partial charge in [0.25, 0.3) is 0 Å². The summed E-state index contributed by atoms with van der Waals surface area (Å²) in [5.74, 6) is -1.59. The average Bonchev–Trinajstić information content (AvgIpc) is 2.55. The molecule has 0 heterocycles. The van der Waals surface area contributed by atoms with Crippen LogP contribution in [0.4, 0.5) is 5.69 Å². The number of carbonyl (C=O) groups is 2. The van der Waals surface area contributed by atoms with Crippen LogP contribution in [0, 0.1) is 3.57 Å². The fourth-order valence-electron chi connectivity index (χ4n) is 1.91. The van der Waals surface area contributed by atoms with Crippen molar-refractivity contribution in [3.63, 3.8) is 0 Å². The van der Waals surface area contributed by atoms with Gasteiger partial charge in [-0.15, -0.1) is 0 Å². The van der Waals surface area contributed by atoms with Crippen molar-refractivity contribution in [2.24, 2.45) is 0 Å². The van der Waals surface area contributed by atoms with Gasteiger partial charge in [-0.3, -0.25) is 10.1 Å². The zero-order valence-electron chi connectivity index (χ0n) is 12.9. The maximum absolute atomic E-state index is 12.0. The number of nitrogens with one attached hydrogen (secondary N) is 2. The van der Waals surface area contributed by atoms with E-state index in [1.807, 2.05) is 22.6 Å². The lowest BCUT2D eigenvalue weighted by Crippen LogP contribution is -2.33. The summed E-state index contributed by atoms with van der Waals surface area (Å²) in [6.45, 7) is 0. The van der Waals surface area contributed by atoms with Gasteiger partial charge in [-0.2, -0.15) is 0 Å². The first kappa shape index (κ1) is 20.6. The molecule has 5 nitrogen and oxygen atoms in total. The number of carboxylic acids is 1. The van der Waals surface area contributed by atoms with Crippen LogP contribution in [-0.2, 0) is 4.79 Å². The highest BCUT2D eigenvalue weighted by Crippen LogP contribution is 2.22. The number of halogens is 3. The van der Waals surface area contributed by atoms with Crippen molar-refractivity contribution in [3.8, 4) is 0 Å². The Balaban J connectivity index is 2.03. The SMILES string of the molecule is O=C(/C=C/c1ccc(Cl)cc1Cl)NC(=S)Nc1ccc(I)cc1C(=O)O. The summed E-state index contributed by atoms with van der Waals surface area (Å²) >= 11 is 18.9. The number of thiocarbonyl (C=S) groups is 1. The van der Waals surface area contributed by atoms with Crippen LogP contribution in [0.25, 0.3) is 6.08 Å². The standard InChI is InChI=1S/C17H11Cl2IN2O3S/c18-10-3-1-9(13(19)7-10)2-6-15(23)22-17(26)21-14-5-4-11(20)8-12(14)16(24)25/h1-8H,(H,24,25)(H2,21,22,23,26)/b6-2+. The molecule has 0 saturated heterocycles. The molecule has 3 N–H and O–H groups in total. The van der Waals surface area contributed by atoms with Gasteiger partial charge in [0.15, 0.2) is 5.11 Å². The minimum Gasteiger partial charge on any atom is -0.478 e. The van der Waals surface area contributed by atoms with Crippen LogP contribution < -0.4 is 10.6 Å². The lowest BCUT2D eigenvalue weighted by Gasteiger charge is -2.11. The predicted octanol–water partition coefficient (Wildman–Crippen LogP) is 4.82. The summed E-state index contributed by atoms with van der Waals surface area (Å²) in [4.78, 5) is 23.2. The Morgan fingerprint density at radius 3 is 2.54 bits per heavy atom. The molecule has 134 valence electrons. The molecule has 0 aliphatic heterocycles. The Morgan fingerprint density at radius 2 is 1.88 bits per heavy atom. The lowest BCUT2D eigenvalue weighted by molar-refractivity contribution is -0.115. The van der Waals surface area contributed by atoms with Crippen molar-refractivity contribution < 1.29 is 14.7 Å². The van der Waals surface area contributed by atoms with Gasteiger partial charge in [0.2, 0.25) is 5.91 Å². The molecule has 0 unspecified atom stereocenters. The van der Waals surface area contributed by atoms with Crippen LogP contribution in [0.15, 0.2) is 42.5 Å². The number of rotatable bonds is 4. The Morgan fingerprint density at radius 1 is 1.15 bits per heavy atom. The number of hydrogen-bond donors (Lipinski definition) is 3. The molecule has 0 bridgehead atoms. The van der Waals surface area contributed by atoms with E-state index in [4.69, 9.17) is 35.4 Å². The maximum atomic E-state index is 12.0. The van der Waals surface area contributed by atoms with Crippen LogP contribution in [0.5, 0.6) is 0 Å². The van der Waals surface area contributed by atoms with Gasteiger partial charge in [0.05, 0.1) is 11.3 Å². The maximum Gasteiger partial charge on any atom is 0.337 e. The van der Waals surface area contributed by atoms with Gasteiger partial charge in [-0.05, 0) is 76.8 Å². The smallest absolute Gasteiger partial charge is 0.337 e. The molecule has 2 aromatic carbocycles. The van der Waals surface area contributed by atoms with E-state index < -0.39 is 11.9 Å². The first-order valence-electron chi connectivity index (χ1n) is 7.04. The predicted molar refractivity (Wildman–Crippen MR) is 116 cm³/mol. The summed E-state index contributed by atoms with van der Waals surface area (Å²) in [6.07, 6.45) is 2.78. The summed E-state index contributed by atoms with van der Waals surface area (Å²) in [5, 5.41) is 15.3. The number of hydrogen-bond acceptors (Lipinski definition) is 3. The summed E-state index contributed by atoms with van der Waals surface area (Å²) in [7, 11) is 0. The van der Waals surface area contributed by atoms with Crippen LogP contribution in [-0.4, -0.2) is 22.1 Å². The van der Waals surface area contributed by atoms with E-state index in [1.165, 1.54) is 18.2 Å². The lowest BCUT2D eigenvalue weighted by atomic mass is 10.2. The van der Waals surface area contributed by atoms with Crippen LogP contribution in [0.3, 0.4) is 0 Å². The van der Waals surface area contributed by atoms with E-state index in [2.05, 4.69) is 10.6 Å². The number of amides is 1. The fourth-order valence-corrected chi connectivity index (χ4v) is 3.08. The van der Waals surface area contributed by atoms with E-state index in [1.54, 1.807) is 30.3 Å². The summed E-state index contributed by atoms with van der Waals surface area (Å²) in [5.41, 5.74) is 0.959. The third-order valence-electron chi connectivity index (χ3n) is 3.07. The zero-order valence-corrected chi connectivity index (χ0v) is 17.4. The molecule has 2 rings (SSSR count). The second-order valence-corrected chi connectivity index (χ2v) is 7.44. The number of anilines is 1. The van der Waals surface area contributed by atoms with Crippen LogP contribution in [0.2, 0.25) is 10.0 Å².